The Morgan fingerprint density at radius 2 is 2.20 bits per heavy atom. The predicted octanol–water partition coefficient (Wildman–Crippen LogP) is 2.82. The fourth-order valence-corrected chi connectivity index (χ4v) is 2.23. The molecule has 0 fully saturated rings. The average Bonchev–Trinajstić information content (AvgIpc) is 2.79. The second-order valence-corrected chi connectivity index (χ2v) is 5.06. The lowest BCUT2D eigenvalue weighted by molar-refractivity contribution is -0.136. The fourth-order valence-electron chi connectivity index (χ4n) is 1.41. The number of nitrogens with one attached hydrogen (secondary N) is 1. The summed E-state index contributed by atoms with van der Waals surface area (Å²) in [4.78, 5) is 26.3. The SMILES string of the molecule is O=C(O)Cc1csc(NC(=O)c2ccc(Cl)c(F)c2)n1. The third-order valence-corrected chi connectivity index (χ3v) is 3.40. The summed E-state index contributed by atoms with van der Waals surface area (Å²) >= 11 is 6.62. The Bertz CT molecular complexity index is 674. The Balaban J connectivity index is 2.09. The zero-order chi connectivity index (χ0) is 14.7. The first-order valence-electron chi connectivity index (χ1n) is 5.38. The molecule has 20 heavy (non-hydrogen) atoms. The van der Waals surface area contributed by atoms with Crippen LogP contribution in [0.1, 0.15) is 16.1 Å². The molecule has 0 bridgehead atoms. The van der Waals surface area contributed by atoms with Gasteiger partial charge in [-0.3, -0.25) is 14.9 Å². The normalized spacial score (nSPS) is 10.3. The van der Waals surface area contributed by atoms with Crippen LogP contribution in [0.3, 0.4) is 0 Å². The maximum absolute atomic E-state index is 13.2. The number of aliphatic carboxylic acids is 1. The largest absolute Gasteiger partial charge is 0.481 e. The number of anilines is 1. The van der Waals surface area contributed by atoms with Gasteiger partial charge in [0.15, 0.2) is 5.13 Å². The summed E-state index contributed by atoms with van der Waals surface area (Å²) in [6.45, 7) is 0. The number of amides is 1. The topological polar surface area (TPSA) is 79.3 Å². The molecule has 0 aliphatic heterocycles. The highest BCUT2D eigenvalue weighted by Crippen LogP contribution is 2.19. The molecule has 1 heterocycles. The molecule has 2 N–H and O–H groups in total. The summed E-state index contributed by atoms with van der Waals surface area (Å²) in [5, 5.41) is 12.8. The molecule has 0 atom stereocenters. The van der Waals surface area contributed by atoms with E-state index in [2.05, 4.69) is 10.3 Å². The lowest BCUT2D eigenvalue weighted by Gasteiger charge is -2.02. The third-order valence-electron chi connectivity index (χ3n) is 2.29. The third kappa shape index (κ3) is 3.52. The lowest BCUT2D eigenvalue weighted by Crippen LogP contribution is -2.12. The van der Waals surface area contributed by atoms with Gasteiger partial charge in [-0.2, -0.15) is 0 Å². The van der Waals surface area contributed by atoms with Gasteiger partial charge >= 0.3 is 5.97 Å². The van der Waals surface area contributed by atoms with Crippen LogP contribution in [0.4, 0.5) is 9.52 Å². The van der Waals surface area contributed by atoms with Crippen LogP contribution in [0, 0.1) is 5.82 Å². The van der Waals surface area contributed by atoms with Gasteiger partial charge in [-0.15, -0.1) is 11.3 Å². The van der Waals surface area contributed by atoms with E-state index < -0.39 is 17.7 Å². The van der Waals surface area contributed by atoms with Gasteiger partial charge < -0.3 is 5.11 Å². The number of nitrogens with zero attached hydrogens (tertiary/aromatic N) is 1. The highest BCUT2D eigenvalue weighted by molar-refractivity contribution is 7.14. The second kappa shape index (κ2) is 5.98. The van der Waals surface area contributed by atoms with Crippen LogP contribution < -0.4 is 5.32 Å². The molecule has 1 amide bonds. The van der Waals surface area contributed by atoms with Gasteiger partial charge in [-0.05, 0) is 18.2 Å². The van der Waals surface area contributed by atoms with Crippen molar-refractivity contribution < 1.29 is 19.1 Å². The van der Waals surface area contributed by atoms with Crippen LogP contribution in [0.15, 0.2) is 23.6 Å². The molecule has 2 rings (SSSR count). The molecule has 0 saturated heterocycles. The molecule has 0 aliphatic rings. The smallest absolute Gasteiger partial charge is 0.309 e. The van der Waals surface area contributed by atoms with Gasteiger partial charge in [-0.1, -0.05) is 11.6 Å². The Labute approximate surface area is 122 Å². The van der Waals surface area contributed by atoms with Gasteiger partial charge in [0.2, 0.25) is 0 Å². The molecule has 0 unspecified atom stereocenters. The number of carbonyl (C=O) groups excluding carboxylic acids is 1. The monoisotopic (exact) mass is 314 g/mol. The summed E-state index contributed by atoms with van der Waals surface area (Å²) in [6.07, 6.45) is -0.220. The van der Waals surface area contributed by atoms with Gasteiger partial charge in [0.1, 0.15) is 5.82 Å². The first-order chi connectivity index (χ1) is 9.45. The molecule has 104 valence electrons. The molecule has 5 nitrogen and oxygen atoms in total. The number of aromatic nitrogens is 1. The number of hydrogen-bond donors (Lipinski definition) is 2. The standard InChI is InChI=1S/C12H8ClFN2O3S/c13-8-2-1-6(3-9(8)14)11(19)16-12-15-7(5-20-12)4-10(17)18/h1-3,5H,4H2,(H,17,18)(H,15,16,19). The molecule has 0 spiro atoms. The first kappa shape index (κ1) is 14.4. The molecule has 0 saturated carbocycles. The average molecular weight is 315 g/mol. The predicted molar refractivity (Wildman–Crippen MR) is 72.8 cm³/mol. The Hall–Kier alpha value is -1.99. The minimum Gasteiger partial charge on any atom is -0.481 e. The van der Waals surface area contributed by atoms with Crippen molar-refractivity contribution >= 4 is 39.9 Å². The molecule has 1 aromatic heterocycles. The van der Waals surface area contributed by atoms with E-state index >= 15 is 0 Å². The zero-order valence-electron chi connectivity index (χ0n) is 9.89. The fraction of sp³-hybridized carbons (Fsp3) is 0.0833. The van der Waals surface area contributed by atoms with E-state index in [1.54, 1.807) is 0 Å². The summed E-state index contributed by atoms with van der Waals surface area (Å²) < 4.78 is 13.2. The Morgan fingerprint density at radius 1 is 1.45 bits per heavy atom. The van der Waals surface area contributed by atoms with E-state index in [4.69, 9.17) is 16.7 Å². The van der Waals surface area contributed by atoms with E-state index in [9.17, 15) is 14.0 Å². The van der Waals surface area contributed by atoms with Crippen molar-refractivity contribution in [2.75, 3.05) is 5.32 Å². The molecule has 0 aliphatic carbocycles. The van der Waals surface area contributed by atoms with Crippen molar-refractivity contribution in [1.29, 1.82) is 0 Å². The van der Waals surface area contributed by atoms with Crippen LogP contribution in [-0.4, -0.2) is 22.0 Å². The molecule has 0 radical (unpaired) electrons. The van der Waals surface area contributed by atoms with Crippen LogP contribution in [0.25, 0.3) is 0 Å². The van der Waals surface area contributed by atoms with Crippen molar-refractivity contribution in [1.82, 2.24) is 4.98 Å². The van der Waals surface area contributed by atoms with Crippen molar-refractivity contribution in [3.63, 3.8) is 0 Å². The summed E-state index contributed by atoms with van der Waals surface area (Å²) in [7, 11) is 0. The van der Waals surface area contributed by atoms with E-state index in [-0.39, 0.29) is 22.1 Å². The van der Waals surface area contributed by atoms with Crippen molar-refractivity contribution in [3.05, 3.63) is 45.7 Å². The summed E-state index contributed by atoms with van der Waals surface area (Å²) in [5.74, 6) is -2.24. The van der Waals surface area contributed by atoms with Crippen molar-refractivity contribution in [3.8, 4) is 0 Å². The van der Waals surface area contributed by atoms with Crippen LogP contribution in [0.5, 0.6) is 0 Å². The lowest BCUT2D eigenvalue weighted by atomic mass is 10.2. The first-order valence-corrected chi connectivity index (χ1v) is 6.64. The number of carboxylic acids is 1. The highest BCUT2D eigenvalue weighted by atomic mass is 35.5. The molecular weight excluding hydrogens is 307 g/mol. The number of thiazole rings is 1. The summed E-state index contributed by atoms with van der Waals surface area (Å²) in [6, 6.07) is 3.68. The van der Waals surface area contributed by atoms with E-state index in [1.165, 1.54) is 17.5 Å². The number of carbonyl (C=O) groups is 2. The van der Waals surface area contributed by atoms with Gasteiger partial charge in [-0.25, -0.2) is 9.37 Å². The minimum absolute atomic E-state index is 0.0699. The number of halogens is 2. The van der Waals surface area contributed by atoms with Gasteiger partial charge in [0, 0.05) is 10.9 Å². The van der Waals surface area contributed by atoms with Crippen LogP contribution in [0.2, 0.25) is 5.02 Å². The molecule has 8 heteroatoms. The van der Waals surface area contributed by atoms with Crippen molar-refractivity contribution in [2.45, 2.75) is 6.42 Å². The van der Waals surface area contributed by atoms with Gasteiger partial charge in [0.05, 0.1) is 17.1 Å². The minimum atomic E-state index is -1.01. The van der Waals surface area contributed by atoms with Crippen LogP contribution in [-0.2, 0) is 11.2 Å². The quantitative estimate of drug-likeness (QED) is 0.909. The highest BCUT2D eigenvalue weighted by Gasteiger charge is 2.12. The zero-order valence-corrected chi connectivity index (χ0v) is 11.5. The molecule has 2 aromatic rings. The Morgan fingerprint density at radius 3 is 2.85 bits per heavy atom. The number of benzene rings is 1. The molecular formula is C12H8ClFN2O3S. The Kier molecular flexibility index (Phi) is 4.31. The number of rotatable bonds is 4. The molecule has 1 aromatic carbocycles. The van der Waals surface area contributed by atoms with Crippen molar-refractivity contribution in [2.24, 2.45) is 0 Å². The maximum atomic E-state index is 13.2. The van der Waals surface area contributed by atoms with E-state index in [1.807, 2.05) is 0 Å². The van der Waals surface area contributed by atoms with Gasteiger partial charge in [0.25, 0.3) is 5.91 Å². The number of hydrogen-bond acceptors (Lipinski definition) is 4. The second-order valence-electron chi connectivity index (χ2n) is 3.80. The summed E-state index contributed by atoms with van der Waals surface area (Å²) in [5.41, 5.74) is 0.446. The van der Waals surface area contributed by atoms with E-state index in [0.717, 1.165) is 17.4 Å². The number of carboxylic acid groups (broad SMARTS) is 1. The van der Waals surface area contributed by atoms with Crippen LogP contribution >= 0.6 is 22.9 Å². The van der Waals surface area contributed by atoms with E-state index in [0.29, 0.717) is 5.69 Å². The maximum Gasteiger partial charge on any atom is 0.309 e.